The van der Waals surface area contributed by atoms with Crippen LogP contribution < -0.4 is 9.47 Å². The monoisotopic (exact) mass is 427 g/mol. The van der Waals surface area contributed by atoms with E-state index in [9.17, 15) is 9.59 Å². The van der Waals surface area contributed by atoms with E-state index in [1.54, 1.807) is 19.1 Å². The van der Waals surface area contributed by atoms with Crippen molar-refractivity contribution in [2.75, 3.05) is 7.11 Å². The Hall–Kier alpha value is -3.85. The van der Waals surface area contributed by atoms with E-state index in [1.165, 1.54) is 37.6 Å². The minimum Gasteiger partial charge on any atom is -0.493 e. The maximum absolute atomic E-state index is 12.4. The van der Waals surface area contributed by atoms with Gasteiger partial charge in [0.15, 0.2) is 23.2 Å². The first kappa shape index (κ1) is 19.5. The molecule has 0 bridgehead atoms. The maximum Gasteiger partial charge on any atom is 0.379 e. The number of aliphatic imine (C=N–C) groups is 1. The Morgan fingerprint density at radius 2 is 2.17 bits per heavy atom. The van der Waals surface area contributed by atoms with Crippen LogP contribution in [0.3, 0.4) is 0 Å². The molecule has 0 atom stereocenters. The number of nitrogens with one attached hydrogen (secondary N) is 1. The Labute approximate surface area is 175 Å². The molecule has 1 N–H and O–H groups in total. The van der Waals surface area contributed by atoms with Gasteiger partial charge in [-0.15, -0.1) is 5.06 Å². The van der Waals surface area contributed by atoms with Crippen LogP contribution in [0.4, 0.5) is 0 Å². The van der Waals surface area contributed by atoms with Gasteiger partial charge in [-0.2, -0.15) is 4.99 Å². The van der Waals surface area contributed by atoms with Crippen LogP contribution >= 0.6 is 11.6 Å². The Balaban J connectivity index is 1.66. The first-order chi connectivity index (χ1) is 14.4. The molecule has 30 heavy (non-hydrogen) atoms. The molecule has 0 radical (unpaired) electrons. The topological polar surface area (TPSA) is 114 Å². The number of hydroxylamine groups is 2. The molecule has 0 spiro atoms. The highest BCUT2D eigenvalue weighted by atomic mass is 35.5. The lowest BCUT2D eigenvalue weighted by atomic mass is 10.1. The maximum atomic E-state index is 12.4. The summed E-state index contributed by atoms with van der Waals surface area (Å²) in [4.78, 5) is 33.9. The van der Waals surface area contributed by atoms with Crippen LogP contribution in [0, 0.1) is 5.41 Å². The van der Waals surface area contributed by atoms with Crippen LogP contribution in [0.25, 0.3) is 6.08 Å². The van der Waals surface area contributed by atoms with Crippen molar-refractivity contribution < 1.29 is 28.3 Å². The highest BCUT2D eigenvalue weighted by molar-refractivity contribution is 6.34. The minimum absolute atomic E-state index is 0.000278. The molecule has 0 aliphatic carbocycles. The zero-order valence-electron chi connectivity index (χ0n) is 15.8. The number of methoxy groups -OCH3 is 1. The molecule has 1 amide bonds. The second-order valence-electron chi connectivity index (χ2n) is 6.22. The first-order valence-electron chi connectivity index (χ1n) is 8.60. The molecule has 1 aromatic heterocycles. The summed E-state index contributed by atoms with van der Waals surface area (Å²) in [5.74, 6) is -0.588. The Kier molecular flexibility index (Phi) is 4.88. The van der Waals surface area contributed by atoms with Crippen molar-refractivity contribution in [3.63, 3.8) is 0 Å². The average Bonchev–Trinajstić information content (AvgIpc) is 3.36. The highest BCUT2D eigenvalue weighted by Gasteiger charge is 2.34. The summed E-state index contributed by atoms with van der Waals surface area (Å²) < 4.78 is 15.6. The van der Waals surface area contributed by atoms with Crippen molar-refractivity contribution in [2.24, 2.45) is 4.99 Å². The number of amides is 1. The normalized spacial score (nSPS) is 16.8. The number of carbonyl (C=O) groups excluding carboxylic acids is 2. The van der Waals surface area contributed by atoms with E-state index in [1.807, 2.05) is 0 Å². The van der Waals surface area contributed by atoms with Crippen molar-refractivity contribution in [1.82, 2.24) is 5.06 Å². The van der Waals surface area contributed by atoms with Gasteiger partial charge in [-0.05, 0) is 42.8 Å². The fourth-order valence-corrected chi connectivity index (χ4v) is 3.08. The molecule has 1 aromatic carbocycles. The molecule has 10 heteroatoms. The SMILES string of the molecule is COc1cc(/C=C2\C(=N)N3OC(C)=CC3=NC2=O)cc(Cl)c1OC(=O)c1ccco1. The number of benzene rings is 1. The summed E-state index contributed by atoms with van der Waals surface area (Å²) in [7, 11) is 1.38. The zero-order chi connectivity index (χ0) is 21.4. The van der Waals surface area contributed by atoms with Gasteiger partial charge < -0.3 is 18.7 Å². The number of furan rings is 1. The van der Waals surface area contributed by atoms with Gasteiger partial charge in [-0.25, -0.2) is 4.79 Å². The van der Waals surface area contributed by atoms with Gasteiger partial charge in [0.1, 0.15) is 5.76 Å². The van der Waals surface area contributed by atoms with Crippen LogP contribution in [0.1, 0.15) is 23.0 Å². The number of rotatable bonds is 4. The van der Waals surface area contributed by atoms with Gasteiger partial charge in [0, 0.05) is 6.08 Å². The van der Waals surface area contributed by atoms with Crippen LogP contribution in [-0.2, 0) is 9.63 Å². The number of amidine groups is 2. The van der Waals surface area contributed by atoms with Crippen LogP contribution in [-0.4, -0.2) is 35.7 Å². The molecular formula is C20H14ClN3O6. The number of fused-ring (bicyclic) bond motifs is 1. The predicted molar refractivity (Wildman–Crippen MR) is 106 cm³/mol. The third-order valence-electron chi connectivity index (χ3n) is 4.16. The molecule has 9 nitrogen and oxygen atoms in total. The summed E-state index contributed by atoms with van der Waals surface area (Å²) in [5.41, 5.74) is 0.436. The summed E-state index contributed by atoms with van der Waals surface area (Å²) in [6.45, 7) is 1.69. The lowest BCUT2D eigenvalue weighted by molar-refractivity contribution is -0.114. The van der Waals surface area contributed by atoms with E-state index >= 15 is 0 Å². The van der Waals surface area contributed by atoms with E-state index in [-0.39, 0.29) is 39.5 Å². The number of esters is 1. The van der Waals surface area contributed by atoms with Crippen molar-refractivity contribution >= 4 is 41.2 Å². The number of allylic oxidation sites excluding steroid dienone is 1. The lowest BCUT2D eigenvalue weighted by Gasteiger charge is -2.23. The van der Waals surface area contributed by atoms with E-state index in [2.05, 4.69) is 4.99 Å². The Bertz CT molecular complexity index is 1160. The molecule has 152 valence electrons. The predicted octanol–water partition coefficient (Wildman–Crippen LogP) is 3.61. The number of hydrogen-bond donors (Lipinski definition) is 1. The molecule has 0 saturated heterocycles. The molecular weight excluding hydrogens is 414 g/mol. The van der Waals surface area contributed by atoms with Gasteiger partial charge in [0.2, 0.25) is 5.76 Å². The highest BCUT2D eigenvalue weighted by Crippen LogP contribution is 2.38. The molecule has 0 unspecified atom stereocenters. The summed E-state index contributed by atoms with van der Waals surface area (Å²) in [5, 5.41) is 9.48. The number of ether oxygens (including phenoxy) is 2. The summed E-state index contributed by atoms with van der Waals surface area (Å²) in [6, 6.07) is 5.98. The molecule has 3 heterocycles. The van der Waals surface area contributed by atoms with Gasteiger partial charge in [-0.1, -0.05) is 11.6 Å². The molecule has 0 saturated carbocycles. The number of hydrogen-bond acceptors (Lipinski definition) is 7. The number of halogens is 1. The molecule has 2 aromatic rings. The Morgan fingerprint density at radius 3 is 2.87 bits per heavy atom. The molecule has 2 aliphatic rings. The smallest absolute Gasteiger partial charge is 0.379 e. The van der Waals surface area contributed by atoms with Crippen molar-refractivity contribution in [2.45, 2.75) is 6.92 Å². The quantitative estimate of drug-likeness (QED) is 0.450. The van der Waals surface area contributed by atoms with E-state index in [4.69, 9.17) is 35.7 Å². The van der Waals surface area contributed by atoms with E-state index in [0.29, 0.717) is 11.3 Å². The van der Waals surface area contributed by atoms with Gasteiger partial charge in [0.05, 0.1) is 24.0 Å². The summed E-state index contributed by atoms with van der Waals surface area (Å²) in [6.07, 6.45) is 4.33. The van der Waals surface area contributed by atoms with Crippen LogP contribution in [0.2, 0.25) is 5.02 Å². The fourth-order valence-electron chi connectivity index (χ4n) is 2.83. The third-order valence-corrected chi connectivity index (χ3v) is 4.44. The minimum atomic E-state index is -0.744. The lowest BCUT2D eigenvalue weighted by Crippen LogP contribution is -2.38. The van der Waals surface area contributed by atoms with Crippen LogP contribution in [0.5, 0.6) is 11.5 Å². The van der Waals surface area contributed by atoms with Crippen molar-refractivity contribution in [3.05, 3.63) is 64.3 Å². The number of nitrogens with zero attached hydrogens (tertiary/aromatic N) is 2. The van der Waals surface area contributed by atoms with Gasteiger partial charge in [0.25, 0.3) is 5.91 Å². The first-order valence-corrected chi connectivity index (χ1v) is 8.98. The van der Waals surface area contributed by atoms with E-state index in [0.717, 1.165) is 5.06 Å². The largest absolute Gasteiger partial charge is 0.493 e. The summed E-state index contributed by atoms with van der Waals surface area (Å²) >= 11 is 6.29. The van der Waals surface area contributed by atoms with Crippen LogP contribution in [0.15, 0.2) is 57.3 Å². The molecule has 0 fully saturated rings. The Morgan fingerprint density at radius 1 is 1.37 bits per heavy atom. The van der Waals surface area contributed by atoms with Gasteiger partial charge in [-0.3, -0.25) is 10.2 Å². The van der Waals surface area contributed by atoms with E-state index < -0.39 is 11.9 Å². The standard InChI is InChI=1S/C20H14ClN3O6/c1-10-6-16-23-19(25)12(18(22)24(16)30-10)7-11-8-13(21)17(15(9-11)27-2)29-20(26)14-4-3-5-28-14/h3-9,22H,1-2H3/b12-7+,22-18?. The van der Waals surface area contributed by atoms with Gasteiger partial charge >= 0.3 is 5.97 Å². The molecule has 2 aliphatic heterocycles. The zero-order valence-corrected chi connectivity index (χ0v) is 16.5. The second kappa shape index (κ2) is 7.53. The average molecular weight is 428 g/mol. The fraction of sp³-hybridized carbons (Fsp3) is 0.100. The third kappa shape index (κ3) is 3.46. The second-order valence-corrected chi connectivity index (χ2v) is 6.63. The van der Waals surface area contributed by atoms with Crippen molar-refractivity contribution in [3.8, 4) is 11.5 Å². The molecule has 4 rings (SSSR count). The number of carbonyl (C=O) groups is 2. The van der Waals surface area contributed by atoms with Crippen molar-refractivity contribution in [1.29, 1.82) is 5.41 Å².